The van der Waals surface area contributed by atoms with Gasteiger partial charge in [-0.2, -0.15) is 0 Å². The van der Waals surface area contributed by atoms with Crippen LogP contribution in [0.25, 0.3) is 44.8 Å². The lowest BCUT2D eigenvalue weighted by atomic mass is 10.1. The molecule has 0 aliphatic heterocycles. The van der Waals surface area contributed by atoms with Gasteiger partial charge in [-0.3, -0.25) is 0 Å². The number of methoxy groups -OCH3 is 2. The second-order valence-electron chi connectivity index (χ2n) is 10.5. The standard InChI is InChI=1S/C35H36N4O4/c1-40-28-16-18-30-32(22-28)38-34(36-30)24-8-12-26(13-9-24)42-20-6-4-3-5-7-21-43-27-14-10-25(11-15-27)35-37-31-19-17-29(41-2)23-33(31)39-35/h8-19,22-23H,3-7,20-21H2,1-2H3,(H,36,38)(H,37,39). The van der Waals surface area contributed by atoms with Crippen LogP contribution in [0.1, 0.15) is 32.1 Å². The van der Waals surface area contributed by atoms with E-state index >= 15 is 0 Å². The molecule has 0 bridgehead atoms. The summed E-state index contributed by atoms with van der Waals surface area (Å²) in [6.45, 7) is 1.43. The maximum absolute atomic E-state index is 5.96. The van der Waals surface area contributed by atoms with Crippen LogP contribution >= 0.6 is 0 Å². The Bertz CT molecular complexity index is 1640. The van der Waals surface area contributed by atoms with Crippen LogP contribution < -0.4 is 18.9 Å². The van der Waals surface area contributed by atoms with E-state index < -0.39 is 0 Å². The van der Waals surface area contributed by atoms with E-state index in [1.165, 1.54) is 0 Å². The van der Waals surface area contributed by atoms with Gasteiger partial charge in [0.25, 0.3) is 0 Å². The van der Waals surface area contributed by atoms with Crippen molar-refractivity contribution in [2.75, 3.05) is 27.4 Å². The minimum Gasteiger partial charge on any atom is -0.497 e. The summed E-state index contributed by atoms with van der Waals surface area (Å²) in [4.78, 5) is 16.1. The van der Waals surface area contributed by atoms with Crippen molar-refractivity contribution in [2.45, 2.75) is 32.1 Å². The number of nitrogens with one attached hydrogen (secondary N) is 2. The molecule has 0 atom stereocenters. The van der Waals surface area contributed by atoms with Crippen molar-refractivity contribution in [2.24, 2.45) is 0 Å². The molecular weight excluding hydrogens is 540 g/mol. The Morgan fingerprint density at radius 3 is 1.30 bits per heavy atom. The zero-order valence-corrected chi connectivity index (χ0v) is 24.6. The van der Waals surface area contributed by atoms with Crippen LogP contribution in [-0.4, -0.2) is 47.4 Å². The number of rotatable bonds is 14. The fourth-order valence-electron chi connectivity index (χ4n) is 5.03. The molecule has 0 spiro atoms. The summed E-state index contributed by atoms with van der Waals surface area (Å²) in [5, 5.41) is 0. The van der Waals surface area contributed by atoms with E-state index in [-0.39, 0.29) is 0 Å². The van der Waals surface area contributed by atoms with Gasteiger partial charge in [-0.1, -0.05) is 19.3 Å². The zero-order chi connectivity index (χ0) is 29.4. The van der Waals surface area contributed by atoms with Crippen LogP contribution in [-0.2, 0) is 0 Å². The molecule has 8 nitrogen and oxygen atoms in total. The summed E-state index contributed by atoms with van der Waals surface area (Å²) in [5.74, 6) is 5.02. The molecule has 6 aromatic rings. The van der Waals surface area contributed by atoms with Crippen LogP contribution in [0.15, 0.2) is 84.9 Å². The molecule has 0 saturated heterocycles. The topological polar surface area (TPSA) is 94.3 Å². The smallest absolute Gasteiger partial charge is 0.138 e. The van der Waals surface area contributed by atoms with Crippen molar-refractivity contribution >= 4 is 22.1 Å². The number of imidazole rings is 2. The highest BCUT2D eigenvalue weighted by Crippen LogP contribution is 2.27. The van der Waals surface area contributed by atoms with E-state index in [1.54, 1.807) is 14.2 Å². The van der Waals surface area contributed by atoms with Crippen LogP contribution in [0.2, 0.25) is 0 Å². The van der Waals surface area contributed by atoms with Crippen LogP contribution in [0, 0.1) is 0 Å². The number of hydrogen-bond donors (Lipinski definition) is 2. The lowest BCUT2D eigenvalue weighted by Crippen LogP contribution is -1.99. The Hall–Kier alpha value is -4.98. The van der Waals surface area contributed by atoms with E-state index in [4.69, 9.17) is 18.9 Å². The third kappa shape index (κ3) is 6.92. The number of aromatic amines is 2. The van der Waals surface area contributed by atoms with Gasteiger partial charge < -0.3 is 28.9 Å². The first-order chi connectivity index (χ1) is 21.2. The van der Waals surface area contributed by atoms with Gasteiger partial charge in [0.1, 0.15) is 34.6 Å². The van der Waals surface area contributed by atoms with Crippen molar-refractivity contribution in [3.05, 3.63) is 84.9 Å². The van der Waals surface area contributed by atoms with Crippen LogP contribution in [0.4, 0.5) is 0 Å². The monoisotopic (exact) mass is 576 g/mol. The summed E-state index contributed by atoms with van der Waals surface area (Å²) >= 11 is 0. The summed E-state index contributed by atoms with van der Waals surface area (Å²) < 4.78 is 22.5. The second-order valence-corrected chi connectivity index (χ2v) is 10.5. The molecule has 0 radical (unpaired) electrons. The average molecular weight is 577 g/mol. The third-order valence-electron chi connectivity index (χ3n) is 7.46. The molecule has 0 unspecified atom stereocenters. The number of H-pyrrole nitrogens is 2. The van der Waals surface area contributed by atoms with Gasteiger partial charge in [0.15, 0.2) is 0 Å². The van der Waals surface area contributed by atoms with Crippen molar-refractivity contribution in [3.8, 4) is 45.8 Å². The van der Waals surface area contributed by atoms with E-state index in [1.807, 2.05) is 84.9 Å². The van der Waals surface area contributed by atoms with E-state index in [9.17, 15) is 0 Å². The molecule has 8 heteroatoms. The summed E-state index contributed by atoms with van der Waals surface area (Å²) in [6, 6.07) is 27.8. The lowest BCUT2D eigenvalue weighted by molar-refractivity contribution is 0.293. The molecule has 2 aromatic heterocycles. The Morgan fingerprint density at radius 1 is 0.488 bits per heavy atom. The van der Waals surface area contributed by atoms with Crippen molar-refractivity contribution in [1.29, 1.82) is 0 Å². The summed E-state index contributed by atoms with van der Waals surface area (Å²) in [5.41, 5.74) is 5.79. The quantitative estimate of drug-likeness (QED) is 0.127. The highest BCUT2D eigenvalue weighted by molar-refractivity contribution is 5.81. The Kier molecular flexibility index (Phi) is 8.73. The van der Waals surface area contributed by atoms with Gasteiger partial charge >= 0.3 is 0 Å². The molecule has 0 aliphatic carbocycles. The number of aromatic nitrogens is 4. The van der Waals surface area contributed by atoms with Crippen LogP contribution in [0.5, 0.6) is 23.0 Å². The molecule has 0 aliphatic rings. The normalized spacial score (nSPS) is 11.2. The first-order valence-corrected chi connectivity index (χ1v) is 14.7. The third-order valence-corrected chi connectivity index (χ3v) is 7.46. The van der Waals surface area contributed by atoms with Gasteiger partial charge in [-0.05, 0) is 85.6 Å². The highest BCUT2D eigenvalue weighted by Gasteiger charge is 2.08. The number of nitrogens with zero attached hydrogens (tertiary/aromatic N) is 2. The molecule has 2 heterocycles. The Morgan fingerprint density at radius 2 is 0.884 bits per heavy atom. The molecular formula is C35H36N4O4. The molecule has 43 heavy (non-hydrogen) atoms. The maximum atomic E-state index is 5.96. The number of fused-ring (bicyclic) bond motifs is 2. The first kappa shape index (κ1) is 28.2. The van der Waals surface area contributed by atoms with Gasteiger partial charge in [0, 0.05) is 23.3 Å². The predicted octanol–water partition coefficient (Wildman–Crippen LogP) is 8.20. The highest BCUT2D eigenvalue weighted by atomic mass is 16.5. The number of unbranched alkanes of at least 4 members (excludes halogenated alkanes) is 4. The second kappa shape index (κ2) is 13.3. The van der Waals surface area contributed by atoms with Crippen molar-refractivity contribution in [3.63, 3.8) is 0 Å². The van der Waals surface area contributed by atoms with Crippen LogP contribution in [0.3, 0.4) is 0 Å². The van der Waals surface area contributed by atoms with Gasteiger partial charge in [0.05, 0.1) is 49.5 Å². The van der Waals surface area contributed by atoms with Gasteiger partial charge in [-0.15, -0.1) is 0 Å². The number of hydrogen-bond acceptors (Lipinski definition) is 6. The molecule has 6 rings (SSSR count). The molecule has 0 saturated carbocycles. The molecule has 2 N–H and O–H groups in total. The fraction of sp³-hybridized carbons (Fsp3) is 0.257. The van der Waals surface area contributed by atoms with Gasteiger partial charge in [0.2, 0.25) is 0 Å². The summed E-state index contributed by atoms with van der Waals surface area (Å²) in [6.07, 6.45) is 5.50. The minimum atomic E-state index is 0.714. The predicted molar refractivity (Wildman–Crippen MR) is 170 cm³/mol. The number of ether oxygens (including phenoxy) is 4. The average Bonchev–Trinajstić information content (AvgIpc) is 3.68. The maximum Gasteiger partial charge on any atom is 0.138 e. The SMILES string of the molecule is COc1ccc2[nH]c(-c3ccc(OCCCCCCCOc4ccc(-c5nc6cc(OC)ccc6[nH]5)cc4)cc3)nc2c1. The molecule has 0 amide bonds. The Balaban J connectivity index is 0.859. The molecule has 4 aromatic carbocycles. The largest absolute Gasteiger partial charge is 0.497 e. The van der Waals surface area contributed by atoms with E-state index in [2.05, 4.69) is 19.9 Å². The summed E-state index contributed by atoms with van der Waals surface area (Å²) in [7, 11) is 3.32. The van der Waals surface area contributed by atoms with Gasteiger partial charge in [-0.25, -0.2) is 9.97 Å². The van der Waals surface area contributed by atoms with Crippen molar-refractivity contribution < 1.29 is 18.9 Å². The van der Waals surface area contributed by atoms with E-state index in [0.717, 1.165) is 99.9 Å². The van der Waals surface area contributed by atoms with Crippen molar-refractivity contribution in [1.82, 2.24) is 19.9 Å². The Labute approximate surface area is 251 Å². The minimum absolute atomic E-state index is 0.714. The zero-order valence-electron chi connectivity index (χ0n) is 24.6. The molecule has 220 valence electrons. The fourth-order valence-corrected chi connectivity index (χ4v) is 5.03. The molecule has 0 fully saturated rings. The first-order valence-electron chi connectivity index (χ1n) is 14.7. The number of benzene rings is 4. The van der Waals surface area contributed by atoms with E-state index in [0.29, 0.717) is 13.2 Å². The lowest BCUT2D eigenvalue weighted by Gasteiger charge is -2.08.